The summed E-state index contributed by atoms with van der Waals surface area (Å²) in [6.45, 7) is 7.60. The number of hydrogen-bond donors (Lipinski definition) is 1. The van der Waals surface area contributed by atoms with Crippen LogP contribution in [0, 0.1) is 5.82 Å². The zero-order valence-corrected chi connectivity index (χ0v) is 13.4. The molecular formula is C17H28FN3. The Kier molecular flexibility index (Phi) is 5.73. The molecule has 1 aromatic rings. The fourth-order valence-electron chi connectivity index (χ4n) is 3.37. The highest BCUT2D eigenvalue weighted by molar-refractivity contribution is 5.22. The van der Waals surface area contributed by atoms with Gasteiger partial charge in [0.15, 0.2) is 0 Å². The molecule has 0 amide bonds. The molecule has 1 aromatic carbocycles. The Morgan fingerprint density at radius 3 is 2.57 bits per heavy atom. The van der Waals surface area contributed by atoms with Crippen molar-refractivity contribution in [2.45, 2.75) is 44.8 Å². The molecule has 0 aliphatic carbocycles. The van der Waals surface area contributed by atoms with E-state index in [1.165, 1.54) is 0 Å². The third kappa shape index (κ3) is 4.02. The monoisotopic (exact) mass is 293 g/mol. The number of hydrogen-bond acceptors (Lipinski definition) is 3. The van der Waals surface area contributed by atoms with Crippen molar-refractivity contribution in [3.05, 3.63) is 35.6 Å². The number of rotatable bonds is 4. The number of halogens is 1. The van der Waals surface area contributed by atoms with Crippen molar-refractivity contribution in [2.75, 3.05) is 26.7 Å². The fourth-order valence-corrected chi connectivity index (χ4v) is 3.37. The first-order valence-electron chi connectivity index (χ1n) is 7.98. The van der Waals surface area contributed by atoms with Gasteiger partial charge in [-0.15, -0.1) is 0 Å². The maximum absolute atomic E-state index is 13.2. The van der Waals surface area contributed by atoms with E-state index in [-0.39, 0.29) is 17.9 Å². The molecule has 1 heterocycles. The Balaban J connectivity index is 2.28. The van der Waals surface area contributed by atoms with Crippen molar-refractivity contribution in [1.29, 1.82) is 0 Å². The molecule has 118 valence electrons. The van der Waals surface area contributed by atoms with Crippen LogP contribution in [-0.4, -0.2) is 48.6 Å². The predicted molar refractivity (Wildman–Crippen MR) is 85.7 cm³/mol. The van der Waals surface area contributed by atoms with E-state index >= 15 is 0 Å². The normalized spacial score (nSPS) is 24.5. The maximum atomic E-state index is 13.2. The quantitative estimate of drug-likeness (QED) is 0.926. The largest absolute Gasteiger partial charge is 0.326 e. The van der Waals surface area contributed by atoms with Gasteiger partial charge in [0.1, 0.15) is 5.82 Å². The zero-order valence-electron chi connectivity index (χ0n) is 13.4. The van der Waals surface area contributed by atoms with Crippen LogP contribution in [0.25, 0.3) is 0 Å². The Hall–Kier alpha value is -0.970. The summed E-state index contributed by atoms with van der Waals surface area (Å²) in [6.07, 6.45) is 2.07. The van der Waals surface area contributed by atoms with Crippen molar-refractivity contribution in [3.8, 4) is 0 Å². The lowest BCUT2D eigenvalue weighted by Gasteiger charge is -2.39. The van der Waals surface area contributed by atoms with E-state index in [1.54, 1.807) is 12.1 Å². The molecule has 3 atom stereocenters. The Labute approximate surface area is 127 Å². The lowest BCUT2D eigenvalue weighted by Crippen LogP contribution is -2.47. The molecule has 21 heavy (non-hydrogen) atoms. The topological polar surface area (TPSA) is 32.5 Å². The third-order valence-electron chi connectivity index (χ3n) is 4.54. The molecule has 2 rings (SSSR count). The summed E-state index contributed by atoms with van der Waals surface area (Å²) in [5, 5.41) is 0. The van der Waals surface area contributed by atoms with Gasteiger partial charge < -0.3 is 10.6 Å². The van der Waals surface area contributed by atoms with Crippen LogP contribution in [0.2, 0.25) is 0 Å². The van der Waals surface area contributed by atoms with Crippen molar-refractivity contribution in [3.63, 3.8) is 0 Å². The minimum absolute atomic E-state index is 0.0707. The molecule has 1 aliphatic heterocycles. The minimum Gasteiger partial charge on any atom is -0.326 e. The molecule has 3 nitrogen and oxygen atoms in total. The fraction of sp³-hybridized carbons (Fsp3) is 0.647. The Morgan fingerprint density at radius 1 is 1.29 bits per heavy atom. The molecule has 0 spiro atoms. The van der Waals surface area contributed by atoms with Crippen LogP contribution in [0.1, 0.15) is 38.3 Å². The first kappa shape index (κ1) is 16.4. The molecule has 1 fully saturated rings. The van der Waals surface area contributed by atoms with Gasteiger partial charge in [-0.25, -0.2) is 4.39 Å². The number of nitrogens with two attached hydrogens (primary N) is 1. The van der Waals surface area contributed by atoms with Crippen LogP contribution < -0.4 is 5.73 Å². The predicted octanol–water partition coefficient (Wildman–Crippen LogP) is 2.63. The van der Waals surface area contributed by atoms with Gasteiger partial charge >= 0.3 is 0 Å². The van der Waals surface area contributed by atoms with Crippen molar-refractivity contribution in [2.24, 2.45) is 5.73 Å². The summed E-state index contributed by atoms with van der Waals surface area (Å²) in [6, 6.07) is 7.54. The molecule has 1 saturated heterocycles. The van der Waals surface area contributed by atoms with Gasteiger partial charge in [0.05, 0.1) is 6.04 Å². The summed E-state index contributed by atoms with van der Waals surface area (Å²) in [4.78, 5) is 4.88. The standard InChI is InChI=1S/C17H28FN3/c1-4-16(19)17(14-6-8-15(18)9-7-14)21-11-5-10-20(3)12-13(21)2/h6-9,13,16-17H,4-5,10-12,19H2,1-3H3. The van der Waals surface area contributed by atoms with Gasteiger partial charge in [-0.1, -0.05) is 19.1 Å². The van der Waals surface area contributed by atoms with Gasteiger partial charge in [0, 0.05) is 25.2 Å². The molecule has 2 N–H and O–H groups in total. The first-order valence-corrected chi connectivity index (χ1v) is 7.98. The van der Waals surface area contributed by atoms with Crippen molar-refractivity contribution < 1.29 is 4.39 Å². The Bertz CT molecular complexity index is 434. The van der Waals surface area contributed by atoms with E-state index < -0.39 is 0 Å². The second-order valence-electron chi connectivity index (χ2n) is 6.27. The van der Waals surface area contributed by atoms with Crippen LogP contribution in [-0.2, 0) is 0 Å². The smallest absolute Gasteiger partial charge is 0.123 e. The van der Waals surface area contributed by atoms with E-state index in [0.717, 1.165) is 38.0 Å². The van der Waals surface area contributed by atoms with E-state index in [4.69, 9.17) is 5.73 Å². The summed E-state index contributed by atoms with van der Waals surface area (Å²) in [7, 11) is 2.17. The number of likely N-dealkylation sites (N-methyl/N-ethyl adjacent to an activating group) is 1. The lowest BCUT2D eigenvalue weighted by molar-refractivity contribution is 0.122. The van der Waals surface area contributed by atoms with Crippen LogP contribution in [0.5, 0.6) is 0 Å². The number of benzene rings is 1. The SMILES string of the molecule is CCC(N)C(c1ccc(F)cc1)N1CCCN(C)CC1C. The molecule has 0 aromatic heterocycles. The summed E-state index contributed by atoms with van der Waals surface area (Å²) in [5.41, 5.74) is 7.54. The van der Waals surface area contributed by atoms with E-state index in [2.05, 4.69) is 30.7 Å². The average Bonchev–Trinajstić information content (AvgIpc) is 2.62. The van der Waals surface area contributed by atoms with Crippen LogP contribution >= 0.6 is 0 Å². The lowest BCUT2D eigenvalue weighted by atomic mass is 9.95. The molecule has 0 radical (unpaired) electrons. The van der Waals surface area contributed by atoms with E-state index in [9.17, 15) is 4.39 Å². The highest BCUT2D eigenvalue weighted by Crippen LogP contribution is 2.29. The van der Waals surface area contributed by atoms with Crippen LogP contribution in [0.4, 0.5) is 4.39 Å². The van der Waals surface area contributed by atoms with E-state index in [1.807, 2.05) is 12.1 Å². The summed E-state index contributed by atoms with van der Waals surface area (Å²) in [5.74, 6) is -0.189. The molecule has 4 heteroatoms. The molecule has 3 unspecified atom stereocenters. The van der Waals surface area contributed by atoms with Crippen LogP contribution in [0.3, 0.4) is 0 Å². The molecule has 0 bridgehead atoms. The zero-order chi connectivity index (χ0) is 15.4. The molecular weight excluding hydrogens is 265 g/mol. The van der Waals surface area contributed by atoms with Crippen molar-refractivity contribution in [1.82, 2.24) is 9.80 Å². The van der Waals surface area contributed by atoms with Gasteiger partial charge in [0.2, 0.25) is 0 Å². The summed E-state index contributed by atoms with van der Waals surface area (Å²) < 4.78 is 13.2. The average molecular weight is 293 g/mol. The second-order valence-corrected chi connectivity index (χ2v) is 6.27. The maximum Gasteiger partial charge on any atom is 0.123 e. The highest BCUT2D eigenvalue weighted by Gasteiger charge is 2.31. The summed E-state index contributed by atoms with van der Waals surface area (Å²) >= 11 is 0. The van der Waals surface area contributed by atoms with Gasteiger partial charge in [-0.05, 0) is 51.1 Å². The van der Waals surface area contributed by atoms with Gasteiger partial charge in [-0.3, -0.25) is 4.90 Å². The molecule has 1 aliphatic rings. The second kappa shape index (κ2) is 7.34. The third-order valence-corrected chi connectivity index (χ3v) is 4.54. The van der Waals surface area contributed by atoms with E-state index in [0.29, 0.717) is 6.04 Å². The Morgan fingerprint density at radius 2 is 1.95 bits per heavy atom. The number of nitrogens with zero attached hydrogens (tertiary/aromatic N) is 2. The van der Waals surface area contributed by atoms with Crippen LogP contribution in [0.15, 0.2) is 24.3 Å². The molecule has 0 saturated carbocycles. The van der Waals surface area contributed by atoms with Gasteiger partial charge in [-0.2, -0.15) is 0 Å². The highest BCUT2D eigenvalue weighted by atomic mass is 19.1. The minimum atomic E-state index is -0.189. The van der Waals surface area contributed by atoms with Gasteiger partial charge in [0.25, 0.3) is 0 Å². The first-order chi connectivity index (χ1) is 10.0. The van der Waals surface area contributed by atoms with Crippen molar-refractivity contribution >= 4 is 0 Å².